The Morgan fingerprint density at radius 2 is 1.67 bits per heavy atom. The van der Waals surface area contributed by atoms with E-state index in [0.717, 1.165) is 6.04 Å². The summed E-state index contributed by atoms with van der Waals surface area (Å²) in [4.78, 5) is 5.11. The third-order valence-electron chi connectivity index (χ3n) is 5.14. The Morgan fingerprint density at radius 1 is 1.00 bits per heavy atom. The van der Waals surface area contributed by atoms with E-state index in [4.69, 9.17) is 0 Å². The van der Waals surface area contributed by atoms with E-state index in [2.05, 4.69) is 55.8 Å². The molecule has 1 aliphatic carbocycles. The monoisotopic (exact) mass is 288 g/mol. The van der Waals surface area contributed by atoms with Crippen molar-refractivity contribution in [2.75, 3.05) is 33.2 Å². The van der Waals surface area contributed by atoms with Gasteiger partial charge in [-0.1, -0.05) is 37.6 Å². The number of aryl methyl sites for hydroxylation is 3. The normalized spacial score (nSPS) is 18.9. The van der Waals surface area contributed by atoms with E-state index in [-0.39, 0.29) is 0 Å². The second-order valence-corrected chi connectivity index (χ2v) is 6.51. The standard InChI is InChI=1S/C19H32N2/c1-5-21(6-2)14-13-20(4)19-11-9-17-8-7-16(3)15-18(17)10-12-19/h7-8,15,19H,5-6,9-14H2,1-4H3. The Hall–Kier alpha value is -0.860. The molecule has 1 aliphatic rings. The third-order valence-corrected chi connectivity index (χ3v) is 5.14. The number of rotatable bonds is 6. The second kappa shape index (κ2) is 7.95. The van der Waals surface area contributed by atoms with Gasteiger partial charge in [-0.15, -0.1) is 0 Å². The van der Waals surface area contributed by atoms with Crippen molar-refractivity contribution in [3.63, 3.8) is 0 Å². The highest BCUT2D eigenvalue weighted by Gasteiger charge is 2.19. The van der Waals surface area contributed by atoms with Crippen LogP contribution in [0, 0.1) is 6.92 Å². The molecule has 0 amide bonds. The lowest BCUT2D eigenvalue weighted by Gasteiger charge is -2.29. The molecule has 2 nitrogen and oxygen atoms in total. The van der Waals surface area contributed by atoms with E-state index in [1.54, 1.807) is 11.1 Å². The molecule has 2 heteroatoms. The number of nitrogens with zero attached hydrogens (tertiary/aromatic N) is 2. The van der Waals surface area contributed by atoms with Crippen molar-refractivity contribution in [1.82, 2.24) is 9.80 Å². The fraction of sp³-hybridized carbons (Fsp3) is 0.684. The molecular formula is C19H32N2. The molecule has 21 heavy (non-hydrogen) atoms. The molecule has 1 aromatic carbocycles. The van der Waals surface area contributed by atoms with Crippen LogP contribution in [-0.4, -0.2) is 49.1 Å². The van der Waals surface area contributed by atoms with E-state index in [1.165, 1.54) is 57.4 Å². The van der Waals surface area contributed by atoms with Gasteiger partial charge in [0.2, 0.25) is 0 Å². The van der Waals surface area contributed by atoms with E-state index in [1.807, 2.05) is 0 Å². The first kappa shape index (κ1) is 16.5. The lowest BCUT2D eigenvalue weighted by atomic mass is 10.0. The topological polar surface area (TPSA) is 6.48 Å². The van der Waals surface area contributed by atoms with Gasteiger partial charge in [0.05, 0.1) is 0 Å². The van der Waals surface area contributed by atoms with Crippen molar-refractivity contribution in [1.29, 1.82) is 0 Å². The van der Waals surface area contributed by atoms with Crippen LogP contribution in [0.5, 0.6) is 0 Å². The molecule has 0 spiro atoms. The maximum atomic E-state index is 2.59. The van der Waals surface area contributed by atoms with Crippen LogP contribution < -0.4 is 0 Å². The first-order valence-corrected chi connectivity index (χ1v) is 8.65. The molecule has 0 aliphatic heterocycles. The molecule has 2 rings (SSSR count). The lowest BCUT2D eigenvalue weighted by Crippen LogP contribution is -2.38. The zero-order chi connectivity index (χ0) is 15.2. The van der Waals surface area contributed by atoms with Gasteiger partial charge in [0.25, 0.3) is 0 Å². The van der Waals surface area contributed by atoms with Gasteiger partial charge in [0.1, 0.15) is 0 Å². The Morgan fingerprint density at radius 3 is 2.33 bits per heavy atom. The fourth-order valence-electron chi connectivity index (χ4n) is 3.48. The summed E-state index contributed by atoms with van der Waals surface area (Å²) in [5, 5.41) is 0. The quantitative estimate of drug-likeness (QED) is 0.739. The highest BCUT2D eigenvalue weighted by atomic mass is 15.2. The van der Waals surface area contributed by atoms with Crippen molar-refractivity contribution < 1.29 is 0 Å². The van der Waals surface area contributed by atoms with Crippen LogP contribution in [0.1, 0.15) is 43.4 Å². The predicted octanol–water partition coefficient (Wildman–Crippen LogP) is 3.52. The van der Waals surface area contributed by atoms with Crippen LogP contribution in [0.25, 0.3) is 0 Å². The molecular weight excluding hydrogens is 256 g/mol. The molecule has 1 aromatic rings. The zero-order valence-electron chi connectivity index (χ0n) is 14.4. The summed E-state index contributed by atoms with van der Waals surface area (Å²) < 4.78 is 0. The Kier molecular flexibility index (Phi) is 6.25. The maximum Gasteiger partial charge on any atom is 0.0109 e. The van der Waals surface area contributed by atoms with Crippen LogP contribution in [0.4, 0.5) is 0 Å². The number of benzene rings is 1. The minimum atomic E-state index is 0.744. The fourth-order valence-corrected chi connectivity index (χ4v) is 3.48. The minimum Gasteiger partial charge on any atom is -0.303 e. The Bertz CT molecular complexity index is 437. The third kappa shape index (κ3) is 4.55. The first-order chi connectivity index (χ1) is 10.1. The van der Waals surface area contributed by atoms with Crippen LogP contribution in [0.15, 0.2) is 18.2 Å². The molecule has 0 saturated carbocycles. The van der Waals surface area contributed by atoms with Crippen molar-refractivity contribution in [3.8, 4) is 0 Å². The molecule has 0 aromatic heterocycles. The van der Waals surface area contributed by atoms with Crippen LogP contribution >= 0.6 is 0 Å². The van der Waals surface area contributed by atoms with Gasteiger partial charge in [-0.05, 0) is 63.9 Å². The summed E-state index contributed by atoms with van der Waals surface area (Å²) in [6.07, 6.45) is 5.11. The number of hydrogen-bond donors (Lipinski definition) is 0. The van der Waals surface area contributed by atoms with Crippen LogP contribution in [0.2, 0.25) is 0 Å². The minimum absolute atomic E-state index is 0.744. The molecule has 0 radical (unpaired) electrons. The van der Waals surface area contributed by atoms with Crippen LogP contribution in [0.3, 0.4) is 0 Å². The highest BCUT2D eigenvalue weighted by Crippen LogP contribution is 2.24. The summed E-state index contributed by atoms with van der Waals surface area (Å²) in [6.45, 7) is 11.5. The highest BCUT2D eigenvalue weighted by molar-refractivity contribution is 5.32. The van der Waals surface area contributed by atoms with E-state index in [9.17, 15) is 0 Å². The smallest absolute Gasteiger partial charge is 0.0109 e. The predicted molar refractivity (Wildman–Crippen MR) is 92.0 cm³/mol. The Balaban J connectivity index is 1.89. The van der Waals surface area contributed by atoms with E-state index >= 15 is 0 Å². The van der Waals surface area contributed by atoms with Crippen molar-refractivity contribution >= 4 is 0 Å². The molecule has 0 heterocycles. The summed E-state index contributed by atoms with van der Waals surface area (Å²) in [7, 11) is 2.31. The molecule has 1 atom stereocenters. The first-order valence-electron chi connectivity index (χ1n) is 8.65. The molecule has 0 fully saturated rings. The summed E-state index contributed by atoms with van der Waals surface area (Å²) >= 11 is 0. The average molecular weight is 288 g/mol. The van der Waals surface area contributed by atoms with E-state index < -0.39 is 0 Å². The van der Waals surface area contributed by atoms with Crippen molar-refractivity contribution in [2.45, 2.75) is 52.5 Å². The number of hydrogen-bond acceptors (Lipinski definition) is 2. The van der Waals surface area contributed by atoms with Gasteiger partial charge in [-0.3, -0.25) is 0 Å². The molecule has 1 unspecified atom stereocenters. The molecule has 0 N–H and O–H groups in total. The van der Waals surface area contributed by atoms with Crippen molar-refractivity contribution in [2.24, 2.45) is 0 Å². The zero-order valence-corrected chi connectivity index (χ0v) is 14.4. The largest absolute Gasteiger partial charge is 0.303 e. The summed E-state index contributed by atoms with van der Waals surface area (Å²) in [6, 6.07) is 7.76. The SMILES string of the molecule is CCN(CC)CCN(C)C1CCc2ccc(C)cc2CC1. The van der Waals surface area contributed by atoms with Crippen molar-refractivity contribution in [3.05, 3.63) is 34.9 Å². The molecule has 118 valence electrons. The number of fused-ring (bicyclic) bond motifs is 1. The van der Waals surface area contributed by atoms with Gasteiger partial charge in [0, 0.05) is 19.1 Å². The second-order valence-electron chi connectivity index (χ2n) is 6.51. The van der Waals surface area contributed by atoms with Gasteiger partial charge in [-0.25, -0.2) is 0 Å². The molecule has 0 saturated heterocycles. The number of likely N-dealkylation sites (N-methyl/N-ethyl adjacent to an activating group) is 2. The van der Waals surface area contributed by atoms with Gasteiger partial charge < -0.3 is 9.80 Å². The molecule has 0 bridgehead atoms. The van der Waals surface area contributed by atoms with Gasteiger partial charge in [0.15, 0.2) is 0 Å². The summed E-state index contributed by atoms with van der Waals surface area (Å²) in [5.41, 5.74) is 4.58. The average Bonchev–Trinajstić information content (AvgIpc) is 2.70. The lowest BCUT2D eigenvalue weighted by molar-refractivity contribution is 0.184. The van der Waals surface area contributed by atoms with E-state index in [0.29, 0.717) is 0 Å². The van der Waals surface area contributed by atoms with Gasteiger partial charge in [-0.2, -0.15) is 0 Å². The van der Waals surface area contributed by atoms with Gasteiger partial charge >= 0.3 is 0 Å². The summed E-state index contributed by atoms with van der Waals surface area (Å²) in [5.74, 6) is 0. The van der Waals surface area contributed by atoms with Crippen LogP contribution in [-0.2, 0) is 12.8 Å². The maximum absolute atomic E-state index is 2.59. The Labute approximate surface area is 131 Å².